The first-order valence-corrected chi connectivity index (χ1v) is 7.93. The van der Waals surface area contributed by atoms with E-state index in [-0.39, 0.29) is 11.3 Å². The van der Waals surface area contributed by atoms with Crippen LogP contribution in [0.15, 0.2) is 12.1 Å². The first-order chi connectivity index (χ1) is 9.90. The lowest BCUT2D eigenvalue weighted by Gasteiger charge is -2.31. The number of carbonyl (C=O) groups is 1. The normalized spacial score (nSPS) is 17.1. The minimum atomic E-state index is -0.0396. The molecule has 3 N–H and O–H groups in total. The summed E-state index contributed by atoms with van der Waals surface area (Å²) in [4.78, 5) is 16.4. The number of hydrogen-bond donors (Lipinski definition) is 2. The quantitative estimate of drug-likeness (QED) is 0.874. The summed E-state index contributed by atoms with van der Waals surface area (Å²) >= 11 is 0. The number of amides is 1. The van der Waals surface area contributed by atoms with E-state index >= 15 is 0 Å². The molecule has 1 aromatic rings. The van der Waals surface area contributed by atoms with Crippen LogP contribution in [0.25, 0.3) is 0 Å². The second-order valence-electron chi connectivity index (χ2n) is 6.91. The van der Waals surface area contributed by atoms with Crippen molar-refractivity contribution in [3.05, 3.63) is 23.4 Å². The van der Waals surface area contributed by atoms with Crippen LogP contribution in [0.4, 0.5) is 5.82 Å². The van der Waals surface area contributed by atoms with Crippen molar-refractivity contribution in [1.82, 2.24) is 10.3 Å². The van der Waals surface area contributed by atoms with E-state index in [4.69, 9.17) is 5.73 Å². The van der Waals surface area contributed by atoms with Crippen LogP contribution in [0, 0.1) is 18.3 Å². The molecule has 1 fully saturated rings. The molecular weight excluding hydrogens is 262 g/mol. The van der Waals surface area contributed by atoms with E-state index < -0.39 is 0 Å². The van der Waals surface area contributed by atoms with E-state index in [2.05, 4.69) is 24.1 Å². The van der Waals surface area contributed by atoms with Crippen LogP contribution in [0.1, 0.15) is 62.0 Å². The van der Waals surface area contributed by atoms with E-state index in [1.165, 1.54) is 32.1 Å². The average molecular weight is 289 g/mol. The largest absolute Gasteiger partial charge is 0.384 e. The fourth-order valence-electron chi connectivity index (χ4n) is 3.64. The summed E-state index contributed by atoms with van der Waals surface area (Å²) in [6.07, 6.45) is 6.20. The van der Waals surface area contributed by atoms with Crippen LogP contribution in [0.5, 0.6) is 0 Å². The van der Waals surface area contributed by atoms with Crippen LogP contribution in [-0.4, -0.2) is 17.4 Å². The summed E-state index contributed by atoms with van der Waals surface area (Å²) in [5.41, 5.74) is 7.39. The van der Waals surface area contributed by atoms with Crippen molar-refractivity contribution >= 4 is 11.7 Å². The topological polar surface area (TPSA) is 68.0 Å². The molecule has 0 unspecified atom stereocenters. The SMILES string of the molecule is Cc1cc(C(=O)NCC2(CC(C)C)CCCC2)cc(N)n1. The van der Waals surface area contributed by atoms with Gasteiger partial charge in [-0.3, -0.25) is 4.79 Å². The summed E-state index contributed by atoms with van der Waals surface area (Å²) in [6.45, 7) is 7.14. The minimum absolute atomic E-state index is 0.0396. The van der Waals surface area contributed by atoms with Crippen molar-refractivity contribution < 1.29 is 4.79 Å². The third-order valence-corrected chi connectivity index (χ3v) is 4.36. The van der Waals surface area contributed by atoms with Crippen LogP contribution in [0.3, 0.4) is 0 Å². The van der Waals surface area contributed by atoms with Crippen molar-refractivity contribution in [3.8, 4) is 0 Å². The number of hydrogen-bond acceptors (Lipinski definition) is 3. The van der Waals surface area contributed by atoms with Crippen molar-refractivity contribution in [2.24, 2.45) is 11.3 Å². The Labute approximate surface area is 127 Å². The van der Waals surface area contributed by atoms with Gasteiger partial charge in [0.15, 0.2) is 0 Å². The van der Waals surface area contributed by atoms with Gasteiger partial charge >= 0.3 is 0 Å². The number of carbonyl (C=O) groups excluding carboxylic acids is 1. The maximum atomic E-state index is 12.3. The van der Waals surface area contributed by atoms with E-state index in [1.807, 2.05) is 6.92 Å². The molecule has 1 aliphatic rings. The van der Waals surface area contributed by atoms with Crippen LogP contribution in [-0.2, 0) is 0 Å². The van der Waals surface area contributed by atoms with E-state index in [1.54, 1.807) is 12.1 Å². The highest BCUT2D eigenvalue weighted by atomic mass is 16.1. The van der Waals surface area contributed by atoms with Crippen LogP contribution < -0.4 is 11.1 Å². The zero-order chi connectivity index (χ0) is 15.5. The molecule has 0 radical (unpaired) electrons. The van der Waals surface area contributed by atoms with Crippen molar-refractivity contribution in [2.75, 3.05) is 12.3 Å². The van der Waals surface area contributed by atoms with Gasteiger partial charge in [-0.2, -0.15) is 0 Å². The molecule has 4 heteroatoms. The Hall–Kier alpha value is -1.58. The number of nitrogen functional groups attached to an aromatic ring is 1. The summed E-state index contributed by atoms with van der Waals surface area (Å²) in [7, 11) is 0. The number of anilines is 1. The molecule has 0 saturated heterocycles. The Morgan fingerprint density at radius 3 is 2.62 bits per heavy atom. The maximum Gasteiger partial charge on any atom is 0.251 e. The first kappa shape index (κ1) is 15.8. The molecule has 0 aliphatic heterocycles. The van der Waals surface area contributed by atoms with E-state index in [0.29, 0.717) is 17.3 Å². The minimum Gasteiger partial charge on any atom is -0.384 e. The molecule has 0 bridgehead atoms. The average Bonchev–Trinajstić information content (AvgIpc) is 2.83. The number of nitrogens with zero attached hydrogens (tertiary/aromatic N) is 1. The molecule has 1 aliphatic carbocycles. The zero-order valence-electron chi connectivity index (χ0n) is 13.4. The van der Waals surface area contributed by atoms with Gasteiger partial charge < -0.3 is 11.1 Å². The van der Waals surface area contributed by atoms with Gasteiger partial charge in [-0.15, -0.1) is 0 Å². The van der Waals surface area contributed by atoms with Gasteiger partial charge in [0.1, 0.15) is 5.82 Å². The summed E-state index contributed by atoms with van der Waals surface area (Å²) in [6, 6.07) is 3.43. The lowest BCUT2D eigenvalue weighted by molar-refractivity contribution is 0.0921. The van der Waals surface area contributed by atoms with Crippen molar-refractivity contribution in [1.29, 1.82) is 0 Å². The number of nitrogens with two attached hydrogens (primary N) is 1. The molecular formula is C17H27N3O. The Kier molecular flexibility index (Phi) is 4.86. The number of nitrogens with one attached hydrogen (secondary N) is 1. The van der Waals surface area contributed by atoms with Crippen molar-refractivity contribution in [2.45, 2.75) is 52.9 Å². The van der Waals surface area contributed by atoms with Gasteiger partial charge in [-0.05, 0) is 49.7 Å². The second kappa shape index (κ2) is 6.46. The monoisotopic (exact) mass is 289 g/mol. The van der Waals surface area contributed by atoms with E-state index in [0.717, 1.165) is 12.2 Å². The molecule has 21 heavy (non-hydrogen) atoms. The summed E-state index contributed by atoms with van der Waals surface area (Å²) in [5, 5.41) is 3.12. The second-order valence-corrected chi connectivity index (χ2v) is 6.91. The van der Waals surface area contributed by atoms with Crippen LogP contribution in [0.2, 0.25) is 0 Å². The van der Waals surface area contributed by atoms with Crippen molar-refractivity contribution in [3.63, 3.8) is 0 Å². The molecule has 1 heterocycles. The highest BCUT2D eigenvalue weighted by Crippen LogP contribution is 2.42. The molecule has 1 aromatic heterocycles. The molecule has 1 saturated carbocycles. The number of rotatable bonds is 5. The van der Waals surface area contributed by atoms with Crippen LogP contribution >= 0.6 is 0 Å². The Balaban J connectivity index is 2.01. The van der Waals surface area contributed by atoms with Gasteiger partial charge in [-0.1, -0.05) is 26.7 Å². The highest BCUT2D eigenvalue weighted by Gasteiger charge is 2.34. The molecule has 2 rings (SSSR count). The fraction of sp³-hybridized carbons (Fsp3) is 0.647. The molecule has 0 spiro atoms. The third kappa shape index (κ3) is 4.19. The predicted octanol–water partition coefficient (Wildman–Crippen LogP) is 3.31. The Morgan fingerprint density at radius 2 is 2.05 bits per heavy atom. The lowest BCUT2D eigenvalue weighted by atomic mass is 9.78. The number of aromatic nitrogens is 1. The smallest absolute Gasteiger partial charge is 0.251 e. The van der Waals surface area contributed by atoms with Gasteiger partial charge in [-0.25, -0.2) is 4.98 Å². The number of pyridine rings is 1. The zero-order valence-corrected chi connectivity index (χ0v) is 13.4. The Bertz CT molecular complexity index is 485. The van der Waals surface area contributed by atoms with Gasteiger partial charge in [0.05, 0.1) is 0 Å². The molecule has 0 aromatic carbocycles. The van der Waals surface area contributed by atoms with Gasteiger partial charge in [0.2, 0.25) is 0 Å². The summed E-state index contributed by atoms with van der Waals surface area (Å²) < 4.78 is 0. The lowest BCUT2D eigenvalue weighted by Crippen LogP contribution is -2.37. The maximum absolute atomic E-state index is 12.3. The Morgan fingerprint density at radius 1 is 1.38 bits per heavy atom. The molecule has 1 amide bonds. The third-order valence-electron chi connectivity index (χ3n) is 4.36. The predicted molar refractivity (Wildman–Crippen MR) is 86.1 cm³/mol. The molecule has 0 atom stereocenters. The molecule has 116 valence electrons. The molecule has 4 nitrogen and oxygen atoms in total. The van der Waals surface area contributed by atoms with Gasteiger partial charge in [0.25, 0.3) is 5.91 Å². The van der Waals surface area contributed by atoms with E-state index in [9.17, 15) is 4.79 Å². The summed E-state index contributed by atoms with van der Waals surface area (Å²) in [5.74, 6) is 1.03. The fourth-order valence-corrected chi connectivity index (χ4v) is 3.64. The highest BCUT2D eigenvalue weighted by molar-refractivity contribution is 5.94. The first-order valence-electron chi connectivity index (χ1n) is 7.93. The van der Waals surface area contributed by atoms with Gasteiger partial charge in [0, 0.05) is 17.8 Å². The standard InChI is InChI=1S/C17H27N3O/c1-12(2)10-17(6-4-5-7-17)11-19-16(21)14-8-13(3)20-15(18)9-14/h8-9,12H,4-7,10-11H2,1-3H3,(H2,18,20)(H,19,21). The number of aryl methyl sites for hydroxylation is 1.